The van der Waals surface area contributed by atoms with Crippen molar-refractivity contribution >= 4 is 0 Å². The molecule has 0 bridgehead atoms. The number of hydrogen-bond donors (Lipinski definition) is 0. The molecular formula is C8H18ClN. The third-order valence-corrected chi connectivity index (χ3v) is 2.16. The second-order valence-corrected chi connectivity index (χ2v) is 2.93. The van der Waals surface area contributed by atoms with Gasteiger partial charge in [-0.3, -0.25) is 0 Å². The molecule has 0 rings (SSSR count). The number of nitrogens with zero attached hydrogens (tertiary/aromatic N) is 1. The first-order valence-electron chi connectivity index (χ1n) is 3.51. The quantitative estimate of drug-likeness (QED) is 0.459. The zero-order valence-corrected chi connectivity index (χ0v) is 8.37. The lowest BCUT2D eigenvalue weighted by Gasteiger charge is -2.27. The lowest BCUT2D eigenvalue weighted by molar-refractivity contribution is -0.850. The molecule has 62 valence electrons. The normalized spacial score (nSPS) is 12.7. The summed E-state index contributed by atoms with van der Waals surface area (Å²) in [7, 11) is 4.44. The van der Waals surface area contributed by atoms with Gasteiger partial charge < -0.3 is 16.9 Å². The fraction of sp³-hybridized carbons (Fsp3) is 0.750. The number of quaternary nitrogens is 1. The van der Waals surface area contributed by atoms with E-state index in [2.05, 4.69) is 40.9 Å². The van der Waals surface area contributed by atoms with Crippen LogP contribution in [-0.2, 0) is 0 Å². The Balaban J connectivity index is 0. The molecule has 0 aromatic heterocycles. The van der Waals surface area contributed by atoms with Gasteiger partial charge in [0.1, 0.15) is 5.70 Å². The topological polar surface area (TPSA) is 0 Å². The molecule has 0 aliphatic rings. The van der Waals surface area contributed by atoms with Crippen LogP contribution in [0.2, 0.25) is 0 Å². The maximum Gasteiger partial charge on any atom is 0.101 e. The van der Waals surface area contributed by atoms with E-state index in [-0.39, 0.29) is 12.4 Å². The summed E-state index contributed by atoms with van der Waals surface area (Å²) in [6, 6.07) is 0. The molecule has 0 N–H and O–H groups in total. The van der Waals surface area contributed by atoms with Gasteiger partial charge >= 0.3 is 0 Å². The van der Waals surface area contributed by atoms with Gasteiger partial charge in [0.2, 0.25) is 0 Å². The molecule has 1 nitrogen and oxygen atoms in total. The van der Waals surface area contributed by atoms with Crippen LogP contribution in [0, 0.1) is 0 Å². The van der Waals surface area contributed by atoms with E-state index in [1.54, 1.807) is 0 Å². The van der Waals surface area contributed by atoms with Gasteiger partial charge in [0.25, 0.3) is 0 Å². The van der Waals surface area contributed by atoms with Crippen LogP contribution >= 0.6 is 0 Å². The summed E-state index contributed by atoms with van der Waals surface area (Å²) >= 11 is 0. The minimum Gasteiger partial charge on any atom is -1.00 e. The van der Waals surface area contributed by atoms with Gasteiger partial charge in [-0.25, -0.2) is 0 Å². The van der Waals surface area contributed by atoms with Crippen LogP contribution in [0.1, 0.15) is 20.8 Å². The Morgan fingerprint density at radius 2 is 1.80 bits per heavy atom. The van der Waals surface area contributed by atoms with Gasteiger partial charge in [0, 0.05) is 6.92 Å². The SMILES string of the molecule is CC=C(C)[N+](C)(C)CC.[Cl-]. The highest BCUT2D eigenvalue weighted by atomic mass is 35.5. The molecule has 0 aliphatic heterocycles. The average molecular weight is 164 g/mol. The fourth-order valence-electron chi connectivity index (χ4n) is 0.599. The van der Waals surface area contributed by atoms with Crippen LogP contribution in [-0.4, -0.2) is 25.1 Å². The molecule has 0 aromatic carbocycles. The highest BCUT2D eigenvalue weighted by molar-refractivity contribution is 4.84. The van der Waals surface area contributed by atoms with Crippen molar-refractivity contribution in [3.8, 4) is 0 Å². The molecule has 0 unspecified atom stereocenters. The van der Waals surface area contributed by atoms with E-state index in [4.69, 9.17) is 0 Å². The summed E-state index contributed by atoms with van der Waals surface area (Å²) in [4.78, 5) is 0. The molecule has 0 aliphatic carbocycles. The van der Waals surface area contributed by atoms with Crippen LogP contribution < -0.4 is 12.4 Å². The van der Waals surface area contributed by atoms with Gasteiger partial charge in [-0.05, 0) is 19.9 Å². The third kappa shape index (κ3) is 3.23. The van der Waals surface area contributed by atoms with E-state index in [0.29, 0.717) is 0 Å². The van der Waals surface area contributed by atoms with Crippen molar-refractivity contribution in [2.75, 3.05) is 20.6 Å². The van der Waals surface area contributed by atoms with Crippen LogP contribution in [0.15, 0.2) is 11.8 Å². The van der Waals surface area contributed by atoms with Crippen molar-refractivity contribution in [1.82, 2.24) is 0 Å². The summed E-state index contributed by atoms with van der Waals surface area (Å²) < 4.78 is 1.01. The van der Waals surface area contributed by atoms with Crippen molar-refractivity contribution in [1.29, 1.82) is 0 Å². The second-order valence-electron chi connectivity index (χ2n) is 2.93. The summed E-state index contributed by atoms with van der Waals surface area (Å²) in [5, 5.41) is 0. The zero-order chi connectivity index (χ0) is 7.49. The van der Waals surface area contributed by atoms with E-state index < -0.39 is 0 Å². The van der Waals surface area contributed by atoms with E-state index >= 15 is 0 Å². The van der Waals surface area contributed by atoms with Crippen molar-refractivity contribution in [3.63, 3.8) is 0 Å². The smallest absolute Gasteiger partial charge is 0.101 e. The molecule has 0 atom stereocenters. The van der Waals surface area contributed by atoms with Crippen LogP contribution in [0.3, 0.4) is 0 Å². The molecule has 0 amide bonds. The molecule has 2 heteroatoms. The van der Waals surface area contributed by atoms with Gasteiger partial charge in [-0.1, -0.05) is 0 Å². The molecule has 10 heavy (non-hydrogen) atoms. The van der Waals surface area contributed by atoms with E-state index in [9.17, 15) is 0 Å². The lowest BCUT2D eigenvalue weighted by atomic mass is 10.3. The summed E-state index contributed by atoms with van der Waals surface area (Å²) in [6.07, 6.45) is 2.17. The first-order valence-corrected chi connectivity index (χ1v) is 3.51. The van der Waals surface area contributed by atoms with Crippen LogP contribution in [0.25, 0.3) is 0 Å². The first kappa shape index (κ1) is 12.6. The first-order chi connectivity index (χ1) is 4.04. The Morgan fingerprint density at radius 1 is 1.40 bits per heavy atom. The van der Waals surface area contributed by atoms with Crippen molar-refractivity contribution in [2.45, 2.75) is 20.8 Å². The number of rotatable bonds is 2. The predicted molar refractivity (Wildman–Crippen MR) is 42.1 cm³/mol. The van der Waals surface area contributed by atoms with Gasteiger partial charge in [0.05, 0.1) is 20.6 Å². The number of halogens is 1. The molecular weight excluding hydrogens is 146 g/mol. The Morgan fingerprint density at radius 3 is 1.90 bits per heavy atom. The van der Waals surface area contributed by atoms with E-state index in [0.717, 1.165) is 11.0 Å². The molecule has 0 spiro atoms. The maximum absolute atomic E-state index is 2.22. The van der Waals surface area contributed by atoms with Gasteiger partial charge in [0.15, 0.2) is 0 Å². The zero-order valence-electron chi connectivity index (χ0n) is 7.61. The van der Waals surface area contributed by atoms with Gasteiger partial charge in [-0.2, -0.15) is 0 Å². The Kier molecular flexibility index (Phi) is 6.01. The highest BCUT2D eigenvalue weighted by Gasteiger charge is 2.12. The molecule has 0 saturated heterocycles. The van der Waals surface area contributed by atoms with Crippen molar-refractivity contribution in [2.24, 2.45) is 0 Å². The van der Waals surface area contributed by atoms with Gasteiger partial charge in [-0.15, -0.1) is 0 Å². The van der Waals surface area contributed by atoms with Crippen molar-refractivity contribution < 1.29 is 16.9 Å². The minimum atomic E-state index is 0. The van der Waals surface area contributed by atoms with Crippen molar-refractivity contribution in [3.05, 3.63) is 11.8 Å². The molecule has 0 radical (unpaired) electrons. The highest BCUT2D eigenvalue weighted by Crippen LogP contribution is 2.08. The lowest BCUT2D eigenvalue weighted by Crippen LogP contribution is -3.00. The maximum atomic E-state index is 2.22. The standard InChI is InChI=1S/C8H18N.ClH/c1-6-8(3)9(4,5)7-2;/h6H,7H2,1-5H3;1H/q+1;/p-1. The van der Waals surface area contributed by atoms with Crippen LogP contribution in [0.4, 0.5) is 0 Å². The van der Waals surface area contributed by atoms with Crippen LogP contribution in [0.5, 0.6) is 0 Å². The monoisotopic (exact) mass is 163 g/mol. The largest absolute Gasteiger partial charge is 1.00 e. The molecule has 0 fully saturated rings. The molecule has 0 heterocycles. The minimum absolute atomic E-state index is 0. The average Bonchev–Trinajstić information content (AvgIpc) is 1.86. The predicted octanol–water partition coefficient (Wildman–Crippen LogP) is -0.990. The molecule has 0 saturated carbocycles. The second kappa shape index (κ2) is 4.75. The number of allylic oxidation sites excluding steroid dienone is 2. The summed E-state index contributed by atoms with van der Waals surface area (Å²) in [6.45, 7) is 7.62. The summed E-state index contributed by atoms with van der Waals surface area (Å²) in [5.41, 5.74) is 1.43. The number of hydrogen-bond acceptors (Lipinski definition) is 0. The van der Waals surface area contributed by atoms with E-state index in [1.165, 1.54) is 5.70 Å². The van der Waals surface area contributed by atoms with E-state index in [1.807, 2.05) is 0 Å². The Hall–Kier alpha value is -0.0100. The Bertz CT molecular complexity index is 116. The third-order valence-electron chi connectivity index (χ3n) is 2.16. The summed E-state index contributed by atoms with van der Waals surface area (Å²) in [5.74, 6) is 0. The fourth-order valence-corrected chi connectivity index (χ4v) is 0.599. The molecule has 0 aromatic rings. The Labute approximate surface area is 70.7 Å².